The van der Waals surface area contributed by atoms with Crippen LogP contribution in [0.2, 0.25) is 0 Å². The Labute approximate surface area is 149 Å². The normalized spacial score (nSPS) is 15.6. The highest BCUT2D eigenvalue weighted by Crippen LogP contribution is 2.18. The van der Waals surface area contributed by atoms with Crippen molar-refractivity contribution in [1.82, 2.24) is 10.6 Å². The van der Waals surface area contributed by atoms with Crippen molar-refractivity contribution >= 4 is 21.7 Å². The van der Waals surface area contributed by atoms with Crippen LogP contribution in [0.3, 0.4) is 0 Å². The molecule has 0 radical (unpaired) electrons. The predicted molar refractivity (Wildman–Crippen MR) is 96.1 cm³/mol. The van der Waals surface area contributed by atoms with E-state index >= 15 is 0 Å². The van der Waals surface area contributed by atoms with Crippen LogP contribution in [0, 0.1) is 0 Å². The summed E-state index contributed by atoms with van der Waals surface area (Å²) in [4.78, 5) is 24.3. The minimum atomic E-state index is -3.47. The van der Waals surface area contributed by atoms with Crippen LogP contribution in [0.25, 0.3) is 0 Å². The van der Waals surface area contributed by atoms with Crippen molar-refractivity contribution in [2.45, 2.75) is 56.4 Å². The Morgan fingerprint density at radius 3 is 2.48 bits per heavy atom. The van der Waals surface area contributed by atoms with Gasteiger partial charge in [-0.1, -0.05) is 38.3 Å². The van der Waals surface area contributed by atoms with E-state index in [0.29, 0.717) is 0 Å². The fourth-order valence-electron chi connectivity index (χ4n) is 3.01. The summed E-state index contributed by atoms with van der Waals surface area (Å²) in [7, 11) is -3.47. The van der Waals surface area contributed by atoms with Crippen molar-refractivity contribution in [2.24, 2.45) is 0 Å². The van der Waals surface area contributed by atoms with Gasteiger partial charge in [0.05, 0.1) is 16.2 Å². The molecule has 0 aliphatic heterocycles. The summed E-state index contributed by atoms with van der Waals surface area (Å²) < 4.78 is 24.2. The van der Waals surface area contributed by atoms with E-state index < -0.39 is 15.7 Å². The fourth-order valence-corrected chi connectivity index (χ4v) is 4.11. The van der Waals surface area contributed by atoms with E-state index in [0.717, 1.165) is 25.7 Å². The number of carbonyl (C=O) groups is 2. The number of sulfone groups is 1. The summed E-state index contributed by atoms with van der Waals surface area (Å²) in [5.74, 6) is -0.624. The number of nitrogens with one attached hydrogen (secondary N) is 2. The Morgan fingerprint density at radius 2 is 1.80 bits per heavy atom. The van der Waals surface area contributed by atoms with Crippen molar-refractivity contribution in [1.29, 1.82) is 0 Å². The van der Waals surface area contributed by atoms with E-state index in [2.05, 4.69) is 10.6 Å². The molecule has 2 N–H and O–H groups in total. The van der Waals surface area contributed by atoms with Gasteiger partial charge in [-0.25, -0.2) is 8.42 Å². The molecule has 2 rings (SSSR count). The molecule has 138 valence electrons. The van der Waals surface area contributed by atoms with Crippen LogP contribution in [0.4, 0.5) is 0 Å². The second-order valence-corrected chi connectivity index (χ2v) is 8.55. The number of hydrogen-bond acceptors (Lipinski definition) is 4. The first-order valence-electron chi connectivity index (χ1n) is 8.83. The SMILES string of the molecule is CCS(=O)(=O)c1ccccc1C(=O)NCCC(=O)NC1CCCCC1. The molecule has 2 amide bonds. The molecule has 1 fully saturated rings. The molecule has 0 heterocycles. The predicted octanol–water partition coefficient (Wildman–Crippen LogP) is 2.05. The third-order valence-electron chi connectivity index (χ3n) is 4.45. The molecule has 1 aromatic carbocycles. The van der Waals surface area contributed by atoms with Crippen LogP contribution in [-0.4, -0.2) is 38.6 Å². The van der Waals surface area contributed by atoms with Gasteiger partial charge in [-0.3, -0.25) is 9.59 Å². The van der Waals surface area contributed by atoms with Gasteiger partial charge in [0, 0.05) is 19.0 Å². The van der Waals surface area contributed by atoms with Gasteiger partial charge in [0.25, 0.3) is 5.91 Å². The number of benzene rings is 1. The Bertz CT molecular complexity index is 710. The molecule has 0 aromatic heterocycles. The topological polar surface area (TPSA) is 92.3 Å². The van der Waals surface area contributed by atoms with Crippen molar-refractivity contribution in [2.75, 3.05) is 12.3 Å². The second-order valence-electron chi connectivity index (χ2n) is 6.31. The standard InChI is InChI=1S/C18H26N2O4S/c1-2-25(23,24)16-11-7-6-10-15(16)18(22)19-13-12-17(21)20-14-8-4-3-5-9-14/h6-7,10-11,14H,2-5,8-9,12-13H2,1H3,(H,19,22)(H,20,21). The minimum Gasteiger partial charge on any atom is -0.353 e. The molecule has 7 heteroatoms. The maximum atomic E-state index is 12.3. The van der Waals surface area contributed by atoms with E-state index in [4.69, 9.17) is 0 Å². The fraction of sp³-hybridized carbons (Fsp3) is 0.556. The largest absolute Gasteiger partial charge is 0.353 e. The lowest BCUT2D eigenvalue weighted by molar-refractivity contribution is -0.121. The van der Waals surface area contributed by atoms with E-state index in [-0.39, 0.29) is 41.1 Å². The quantitative estimate of drug-likeness (QED) is 0.772. The lowest BCUT2D eigenvalue weighted by Crippen LogP contribution is -2.38. The van der Waals surface area contributed by atoms with Gasteiger partial charge >= 0.3 is 0 Å². The van der Waals surface area contributed by atoms with E-state index in [1.54, 1.807) is 19.1 Å². The van der Waals surface area contributed by atoms with E-state index in [1.165, 1.54) is 18.6 Å². The Morgan fingerprint density at radius 1 is 1.12 bits per heavy atom. The molecular formula is C18H26N2O4S. The van der Waals surface area contributed by atoms with Crippen LogP contribution in [-0.2, 0) is 14.6 Å². The number of carbonyl (C=O) groups excluding carboxylic acids is 2. The number of amides is 2. The van der Waals surface area contributed by atoms with Crippen molar-refractivity contribution in [3.8, 4) is 0 Å². The van der Waals surface area contributed by atoms with Crippen molar-refractivity contribution < 1.29 is 18.0 Å². The molecule has 1 aliphatic carbocycles. The van der Waals surface area contributed by atoms with Crippen LogP contribution >= 0.6 is 0 Å². The first-order chi connectivity index (χ1) is 11.9. The average molecular weight is 366 g/mol. The summed E-state index contributed by atoms with van der Waals surface area (Å²) in [6.07, 6.45) is 5.73. The zero-order valence-corrected chi connectivity index (χ0v) is 15.4. The molecule has 6 nitrogen and oxygen atoms in total. The third kappa shape index (κ3) is 5.56. The van der Waals surface area contributed by atoms with Gasteiger partial charge in [0.15, 0.2) is 9.84 Å². The smallest absolute Gasteiger partial charge is 0.252 e. The average Bonchev–Trinajstić information content (AvgIpc) is 2.62. The Kier molecular flexibility index (Phi) is 6.99. The molecule has 0 atom stereocenters. The zero-order chi connectivity index (χ0) is 18.3. The molecule has 1 aliphatic rings. The molecule has 25 heavy (non-hydrogen) atoms. The number of hydrogen-bond donors (Lipinski definition) is 2. The molecule has 0 unspecified atom stereocenters. The monoisotopic (exact) mass is 366 g/mol. The molecule has 1 aromatic rings. The van der Waals surface area contributed by atoms with Crippen LogP contribution < -0.4 is 10.6 Å². The van der Waals surface area contributed by atoms with Crippen LogP contribution in [0.15, 0.2) is 29.2 Å². The maximum absolute atomic E-state index is 12.3. The Hall–Kier alpha value is -1.89. The highest BCUT2D eigenvalue weighted by atomic mass is 32.2. The maximum Gasteiger partial charge on any atom is 0.252 e. The van der Waals surface area contributed by atoms with Crippen LogP contribution in [0.5, 0.6) is 0 Å². The lowest BCUT2D eigenvalue weighted by atomic mass is 9.95. The molecule has 0 bridgehead atoms. The highest BCUT2D eigenvalue weighted by molar-refractivity contribution is 7.91. The minimum absolute atomic E-state index is 0.0293. The lowest BCUT2D eigenvalue weighted by Gasteiger charge is -2.22. The van der Waals surface area contributed by atoms with E-state index in [9.17, 15) is 18.0 Å². The first kappa shape index (κ1) is 19.4. The summed E-state index contributed by atoms with van der Waals surface area (Å²) in [5.41, 5.74) is 0.122. The van der Waals surface area contributed by atoms with Gasteiger partial charge in [-0.2, -0.15) is 0 Å². The first-order valence-corrected chi connectivity index (χ1v) is 10.5. The van der Waals surface area contributed by atoms with E-state index in [1.807, 2.05) is 0 Å². The van der Waals surface area contributed by atoms with Crippen molar-refractivity contribution in [3.05, 3.63) is 29.8 Å². The van der Waals surface area contributed by atoms with Gasteiger partial charge in [-0.15, -0.1) is 0 Å². The molecule has 0 spiro atoms. The highest BCUT2D eigenvalue weighted by Gasteiger charge is 2.20. The van der Waals surface area contributed by atoms with Gasteiger partial charge in [-0.05, 0) is 25.0 Å². The van der Waals surface area contributed by atoms with Crippen LogP contribution in [0.1, 0.15) is 55.8 Å². The van der Waals surface area contributed by atoms with Gasteiger partial charge in [0.1, 0.15) is 0 Å². The van der Waals surface area contributed by atoms with Gasteiger partial charge < -0.3 is 10.6 Å². The number of rotatable bonds is 7. The van der Waals surface area contributed by atoms with Crippen molar-refractivity contribution in [3.63, 3.8) is 0 Å². The molecule has 1 saturated carbocycles. The molecular weight excluding hydrogens is 340 g/mol. The van der Waals surface area contributed by atoms with Gasteiger partial charge in [0.2, 0.25) is 5.91 Å². The summed E-state index contributed by atoms with van der Waals surface area (Å²) >= 11 is 0. The Balaban J connectivity index is 1.87. The molecule has 0 saturated heterocycles. The summed E-state index contributed by atoms with van der Waals surface area (Å²) in [6, 6.07) is 6.38. The summed E-state index contributed by atoms with van der Waals surface area (Å²) in [5, 5.41) is 5.63. The summed E-state index contributed by atoms with van der Waals surface area (Å²) in [6.45, 7) is 1.72. The second kappa shape index (κ2) is 8.99. The zero-order valence-electron chi connectivity index (χ0n) is 14.6. The third-order valence-corrected chi connectivity index (χ3v) is 6.24.